The number of anilines is 1. The Morgan fingerprint density at radius 3 is 2.85 bits per heavy atom. The standard InChI is InChI=1S/C22H19ClN8O3/c1-11(19-26-12(2)34-29-19)3-4-13-5-6-15-17(7-13)31(20-16(23)8-25-22(24)27-20)28-18(15)21(33)30-9-14(32)10-30/h5-8,11,14,32H,9-10H2,1-2H3,(H2,24,25,27). The zero-order chi connectivity index (χ0) is 24.0. The number of nitrogens with zero attached hydrogens (tertiary/aromatic N) is 7. The molecule has 1 amide bonds. The minimum absolute atomic E-state index is 0.0157. The Kier molecular flexibility index (Phi) is 5.39. The lowest BCUT2D eigenvalue weighted by molar-refractivity contribution is 0.00560. The number of nitrogens with two attached hydrogens (primary N) is 1. The van der Waals surface area contributed by atoms with Crippen molar-refractivity contribution in [3.05, 3.63) is 52.4 Å². The fraction of sp³-hybridized carbons (Fsp3) is 0.273. The summed E-state index contributed by atoms with van der Waals surface area (Å²) < 4.78 is 6.47. The van der Waals surface area contributed by atoms with E-state index in [9.17, 15) is 9.90 Å². The third-order valence-electron chi connectivity index (χ3n) is 5.34. The van der Waals surface area contributed by atoms with Crippen molar-refractivity contribution in [2.75, 3.05) is 18.8 Å². The second kappa shape index (κ2) is 8.40. The Balaban J connectivity index is 1.60. The van der Waals surface area contributed by atoms with Crippen LogP contribution in [0.3, 0.4) is 0 Å². The van der Waals surface area contributed by atoms with Crippen LogP contribution >= 0.6 is 11.6 Å². The minimum atomic E-state index is -0.528. The fourth-order valence-corrected chi connectivity index (χ4v) is 3.72. The van der Waals surface area contributed by atoms with Gasteiger partial charge in [0, 0.05) is 31.0 Å². The van der Waals surface area contributed by atoms with E-state index in [1.165, 1.54) is 15.8 Å². The molecule has 34 heavy (non-hydrogen) atoms. The van der Waals surface area contributed by atoms with Gasteiger partial charge in [0.15, 0.2) is 17.3 Å². The second-order valence-electron chi connectivity index (χ2n) is 7.92. The van der Waals surface area contributed by atoms with Crippen LogP contribution < -0.4 is 5.73 Å². The van der Waals surface area contributed by atoms with Crippen LogP contribution in [0.25, 0.3) is 16.7 Å². The molecule has 1 aliphatic rings. The normalized spacial score (nSPS) is 14.5. The number of aliphatic hydroxyl groups excluding tert-OH is 1. The molecule has 1 fully saturated rings. The van der Waals surface area contributed by atoms with Gasteiger partial charge in [-0.15, -0.1) is 0 Å². The third-order valence-corrected chi connectivity index (χ3v) is 5.61. The molecule has 1 atom stereocenters. The van der Waals surface area contributed by atoms with Crippen molar-refractivity contribution in [3.8, 4) is 17.7 Å². The number of likely N-dealkylation sites (tertiary alicyclic amines) is 1. The summed E-state index contributed by atoms with van der Waals surface area (Å²) in [6.07, 6.45) is 0.846. The lowest BCUT2D eigenvalue weighted by atomic mass is 10.1. The van der Waals surface area contributed by atoms with E-state index in [0.29, 0.717) is 28.2 Å². The first-order chi connectivity index (χ1) is 16.3. The Labute approximate surface area is 198 Å². The van der Waals surface area contributed by atoms with E-state index in [0.717, 1.165) is 0 Å². The van der Waals surface area contributed by atoms with Gasteiger partial charge in [-0.3, -0.25) is 4.79 Å². The number of carbonyl (C=O) groups excluding carboxylic acids is 1. The number of aryl methyl sites for hydroxylation is 1. The molecule has 1 aliphatic heterocycles. The summed E-state index contributed by atoms with van der Waals surface area (Å²) in [4.78, 5) is 26.9. The number of aromatic nitrogens is 6. The predicted molar refractivity (Wildman–Crippen MR) is 122 cm³/mol. The maximum atomic E-state index is 13.0. The first-order valence-corrected chi connectivity index (χ1v) is 10.8. The highest BCUT2D eigenvalue weighted by molar-refractivity contribution is 6.32. The van der Waals surface area contributed by atoms with Gasteiger partial charge in [0.05, 0.1) is 23.7 Å². The lowest BCUT2D eigenvalue weighted by Crippen LogP contribution is -2.53. The average molecular weight is 479 g/mol. The molecule has 3 N–H and O–H groups in total. The van der Waals surface area contributed by atoms with E-state index in [2.05, 4.69) is 37.0 Å². The van der Waals surface area contributed by atoms with Gasteiger partial charge in [0.1, 0.15) is 5.02 Å². The van der Waals surface area contributed by atoms with Crippen LogP contribution in [0.5, 0.6) is 0 Å². The van der Waals surface area contributed by atoms with Crippen LogP contribution in [-0.2, 0) is 0 Å². The third kappa shape index (κ3) is 3.93. The molecule has 0 radical (unpaired) electrons. The van der Waals surface area contributed by atoms with E-state index in [1.807, 2.05) is 6.92 Å². The van der Waals surface area contributed by atoms with Crippen molar-refractivity contribution < 1.29 is 14.4 Å². The van der Waals surface area contributed by atoms with Gasteiger partial charge in [-0.2, -0.15) is 15.1 Å². The molecule has 1 unspecified atom stereocenters. The van der Waals surface area contributed by atoms with E-state index in [-0.39, 0.29) is 47.4 Å². The fourth-order valence-electron chi connectivity index (χ4n) is 3.55. The number of benzene rings is 1. The summed E-state index contributed by atoms with van der Waals surface area (Å²) in [5.41, 5.74) is 7.23. The Morgan fingerprint density at radius 2 is 2.15 bits per heavy atom. The number of aliphatic hydroxyl groups is 1. The highest BCUT2D eigenvalue weighted by Gasteiger charge is 2.32. The Hall–Kier alpha value is -4.01. The minimum Gasteiger partial charge on any atom is -0.389 e. The topological polar surface area (TPSA) is 149 Å². The van der Waals surface area contributed by atoms with E-state index in [4.69, 9.17) is 21.9 Å². The average Bonchev–Trinajstić information content (AvgIpc) is 3.40. The number of carbonyl (C=O) groups is 1. The Bertz CT molecular complexity index is 1480. The van der Waals surface area contributed by atoms with E-state index >= 15 is 0 Å². The van der Waals surface area contributed by atoms with Crippen LogP contribution in [0, 0.1) is 18.8 Å². The van der Waals surface area contributed by atoms with Crippen molar-refractivity contribution >= 4 is 34.4 Å². The first kappa shape index (κ1) is 21.8. The highest BCUT2D eigenvalue weighted by atomic mass is 35.5. The smallest absolute Gasteiger partial charge is 0.275 e. The molecular formula is C22H19ClN8O3. The molecule has 0 bridgehead atoms. The second-order valence-corrected chi connectivity index (χ2v) is 8.33. The van der Waals surface area contributed by atoms with Crippen LogP contribution in [0.4, 0.5) is 5.95 Å². The monoisotopic (exact) mass is 478 g/mol. The maximum Gasteiger partial charge on any atom is 0.275 e. The molecule has 1 aromatic carbocycles. The van der Waals surface area contributed by atoms with Gasteiger partial charge in [-0.1, -0.05) is 28.6 Å². The van der Waals surface area contributed by atoms with E-state index < -0.39 is 6.10 Å². The predicted octanol–water partition coefficient (Wildman–Crippen LogP) is 1.71. The molecule has 5 rings (SSSR count). The lowest BCUT2D eigenvalue weighted by Gasteiger charge is -2.35. The number of amides is 1. The number of fused-ring (bicyclic) bond motifs is 1. The van der Waals surface area contributed by atoms with Crippen molar-refractivity contribution in [3.63, 3.8) is 0 Å². The molecule has 12 heteroatoms. The number of rotatable bonds is 3. The number of β-amino-alcohol motifs (C(OH)–C–C–N with tert-alkyl or cyclic N) is 1. The largest absolute Gasteiger partial charge is 0.389 e. The van der Waals surface area contributed by atoms with Crippen LogP contribution in [0.2, 0.25) is 5.02 Å². The number of nitrogen functional groups attached to an aromatic ring is 1. The maximum absolute atomic E-state index is 13.0. The number of hydrogen-bond donors (Lipinski definition) is 2. The quantitative estimate of drug-likeness (QED) is 0.419. The molecule has 0 spiro atoms. The zero-order valence-electron chi connectivity index (χ0n) is 18.2. The van der Waals surface area contributed by atoms with Crippen molar-refractivity contribution in [2.24, 2.45) is 0 Å². The molecule has 1 saturated heterocycles. The van der Waals surface area contributed by atoms with Gasteiger partial charge in [0.25, 0.3) is 5.91 Å². The summed E-state index contributed by atoms with van der Waals surface area (Å²) in [7, 11) is 0. The van der Waals surface area contributed by atoms with E-state index in [1.54, 1.807) is 25.1 Å². The molecular weight excluding hydrogens is 460 g/mol. The van der Waals surface area contributed by atoms with Crippen LogP contribution in [0.15, 0.2) is 28.9 Å². The molecule has 0 aliphatic carbocycles. The van der Waals surface area contributed by atoms with Crippen LogP contribution in [0.1, 0.15) is 40.6 Å². The Morgan fingerprint density at radius 1 is 1.35 bits per heavy atom. The zero-order valence-corrected chi connectivity index (χ0v) is 19.0. The molecule has 4 aromatic rings. The molecule has 11 nitrogen and oxygen atoms in total. The number of hydrogen-bond acceptors (Lipinski definition) is 9. The van der Waals surface area contributed by atoms with Gasteiger partial charge in [-0.25, -0.2) is 9.67 Å². The van der Waals surface area contributed by atoms with Gasteiger partial charge < -0.3 is 20.3 Å². The van der Waals surface area contributed by atoms with Crippen molar-refractivity contribution in [2.45, 2.75) is 25.9 Å². The first-order valence-electron chi connectivity index (χ1n) is 10.4. The summed E-state index contributed by atoms with van der Waals surface area (Å²) >= 11 is 6.33. The molecule has 4 heterocycles. The molecule has 3 aromatic heterocycles. The highest BCUT2D eigenvalue weighted by Crippen LogP contribution is 2.28. The van der Waals surface area contributed by atoms with Gasteiger partial charge in [-0.05, 0) is 25.1 Å². The van der Waals surface area contributed by atoms with Gasteiger partial charge in [0.2, 0.25) is 11.8 Å². The SMILES string of the molecule is Cc1nc(C(C)C#Cc2ccc3c(C(=O)N4CC(O)C4)nn(-c4nc(N)ncc4Cl)c3c2)no1. The number of halogens is 1. The summed E-state index contributed by atoms with van der Waals surface area (Å²) in [6.45, 7) is 4.11. The summed E-state index contributed by atoms with van der Waals surface area (Å²) in [5.74, 6) is 6.90. The molecule has 172 valence electrons. The summed E-state index contributed by atoms with van der Waals surface area (Å²) in [6, 6.07) is 5.36. The summed E-state index contributed by atoms with van der Waals surface area (Å²) in [5, 5.41) is 18.8. The molecule has 0 saturated carbocycles. The van der Waals surface area contributed by atoms with Crippen molar-refractivity contribution in [1.82, 2.24) is 34.8 Å². The van der Waals surface area contributed by atoms with Crippen molar-refractivity contribution in [1.29, 1.82) is 0 Å². The van der Waals surface area contributed by atoms with Gasteiger partial charge >= 0.3 is 0 Å². The van der Waals surface area contributed by atoms with Crippen LogP contribution in [-0.4, -0.2) is 65.0 Å².